The van der Waals surface area contributed by atoms with Gasteiger partial charge in [0, 0.05) is 25.4 Å². The molecule has 0 unspecified atom stereocenters. The van der Waals surface area contributed by atoms with E-state index in [1.807, 2.05) is 13.8 Å². The maximum Gasteiger partial charge on any atom is 0.183 e. The van der Waals surface area contributed by atoms with E-state index in [4.69, 9.17) is 14.6 Å². The van der Waals surface area contributed by atoms with E-state index in [2.05, 4.69) is 24.3 Å². The monoisotopic (exact) mass is 266 g/mol. The fourth-order valence-corrected chi connectivity index (χ4v) is 2.00. The number of hydrogen-bond acceptors (Lipinski definition) is 3. The fraction of sp³-hybridized carbons (Fsp3) is 0.625. The molecule has 0 aromatic heterocycles. The van der Waals surface area contributed by atoms with Crippen LogP contribution in [0.2, 0.25) is 0 Å². The molecule has 1 aromatic carbocycles. The van der Waals surface area contributed by atoms with Gasteiger partial charge in [0.25, 0.3) is 0 Å². The first-order valence-corrected chi connectivity index (χ1v) is 7.24. The van der Waals surface area contributed by atoms with E-state index < -0.39 is 0 Å². The SMILES string of the molecule is CCOC(OCC)c1ccc(CCCCCO)cc1. The number of rotatable bonds is 10. The summed E-state index contributed by atoms with van der Waals surface area (Å²) in [5, 5.41) is 8.73. The first kappa shape index (κ1) is 16.2. The van der Waals surface area contributed by atoms with Crippen LogP contribution in [-0.4, -0.2) is 24.9 Å². The summed E-state index contributed by atoms with van der Waals surface area (Å²) in [7, 11) is 0. The Kier molecular flexibility index (Phi) is 8.47. The summed E-state index contributed by atoms with van der Waals surface area (Å²) < 4.78 is 11.1. The summed E-state index contributed by atoms with van der Waals surface area (Å²) >= 11 is 0. The van der Waals surface area contributed by atoms with Crippen molar-refractivity contribution in [1.29, 1.82) is 0 Å². The van der Waals surface area contributed by atoms with Crippen LogP contribution < -0.4 is 0 Å². The van der Waals surface area contributed by atoms with Gasteiger partial charge < -0.3 is 14.6 Å². The van der Waals surface area contributed by atoms with Gasteiger partial charge in [-0.1, -0.05) is 30.7 Å². The van der Waals surface area contributed by atoms with E-state index in [1.165, 1.54) is 5.56 Å². The maximum absolute atomic E-state index is 8.73. The van der Waals surface area contributed by atoms with Gasteiger partial charge in [0.1, 0.15) is 0 Å². The predicted molar refractivity (Wildman–Crippen MR) is 77.1 cm³/mol. The summed E-state index contributed by atoms with van der Waals surface area (Å²) in [5.74, 6) is 0. The first-order chi connectivity index (χ1) is 9.31. The molecule has 0 heterocycles. The zero-order valence-corrected chi connectivity index (χ0v) is 12.1. The number of hydrogen-bond donors (Lipinski definition) is 1. The maximum atomic E-state index is 8.73. The van der Waals surface area contributed by atoms with E-state index in [9.17, 15) is 0 Å². The molecule has 3 nitrogen and oxygen atoms in total. The van der Waals surface area contributed by atoms with Crippen LogP contribution >= 0.6 is 0 Å². The highest BCUT2D eigenvalue weighted by Crippen LogP contribution is 2.20. The van der Waals surface area contributed by atoms with Gasteiger partial charge in [0.05, 0.1) is 0 Å². The number of ether oxygens (including phenoxy) is 2. The number of unbranched alkanes of at least 4 members (excludes halogenated alkanes) is 2. The zero-order chi connectivity index (χ0) is 13.9. The van der Waals surface area contributed by atoms with E-state index >= 15 is 0 Å². The number of aliphatic hydroxyl groups excluding tert-OH is 1. The van der Waals surface area contributed by atoms with Gasteiger partial charge in [-0.2, -0.15) is 0 Å². The predicted octanol–water partition coefficient (Wildman–Crippen LogP) is 3.46. The molecule has 0 spiro atoms. The summed E-state index contributed by atoms with van der Waals surface area (Å²) in [6, 6.07) is 8.44. The van der Waals surface area contributed by atoms with Crippen molar-refractivity contribution in [2.45, 2.75) is 45.8 Å². The third-order valence-electron chi connectivity index (χ3n) is 3.01. The molecule has 0 bridgehead atoms. The van der Waals surface area contributed by atoms with Crippen molar-refractivity contribution in [2.75, 3.05) is 19.8 Å². The van der Waals surface area contributed by atoms with E-state index in [-0.39, 0.29) is 6.29 Å². The second-order valence-electron chi connectivity index (χ2n) is 4.52. The average molecular weight is 266 g/mol. The summed E-state index contributed by atoms with van der Waals surface area (Å²) in [6.07, 6.45) is 3.92. The van der Waals surface area contributed by atoms with E-state index in [1.54, 1.807) is 0 Å². The van der Waals surface area contributed by atoms with Crippen molar-refractivity contribution in [3.8, 4) is 0 Å². The van der Waals surface area contributed by atoms with Crippen molar-refractivity contribution in [2.24, 2.45) is 0 Å². The summed E-state index contributed by atoms with van der Waals surface area (Å²) in [6.45, 7) is 5.54. The third kappa shape index (κ3) is 6.19. The summed E-state index contributed by atoms with van der Waals surface area (Å²) in [4.78, 5) is 0. The Morgan fingerprint density at radius 2 is 1.58 bits per heavy atom. The van der Waals surface area contributed by atoms with Gasteiger partial charge in [-0.3, -0.25) is 0 Å². The molecule has 0 atom stereocenters. The Morgan fingerprint density at radius 1 is 0.947 bits per heavy atom. The molecule has 0 fully saturated rings. The molecule has 1 aromatic rings. The molecule has 0 saturated carbocycles. The zero-order valence-electron chi connectivity index (χ0n) is 12.1. The van der Waals surface area contributed by atoms with Crippen LogP contribution in [0.3, 0.4) is 0 Å². The van der Waals surface area contributed by atoms with Crippen LogP contribution in [0, 0.1) is 0 Å². The van der Waals surface area contributed by atoms with E-state index in [0.717, 1.165) is 31.2 Å². The molecule has 0 radical (unpaired) electrons. The quantitative estimate of drug-likeness (QED) is 0.520. The van der Waals surface area contributed by atoms with Crippen molar-refractivity contribution in [3.05, 3.63) is 35.4 Å². The largest absolute Gasteiger partial charge is 0.396 e. The highest BCUT2D eigenvalue weighted by molar-refractivity contribution is 5.23. The minimum Gasteiger partial charge on any atom is -0.396 e. The van der Waals surface area contributed by atoms with Gasteiger partial charge in [-0.05, 0) is 38.7 Å². The molecule has 19 heavy (non-hydrogen) atoms. The molecule has 1 rings (SSSR count). The second-order valence-corrected chi connectivity index (χ2v) is 4.52. The molecule has 0 aliphatic rings. The minimum atomic E-state index is -0.251. The van der Waals surface area contributed by atoms with Crippen molar-refractivity contribution < 1.29 is 14.6 Å². The molecule has 1 N–H and O–H groups in total. The van der Waals surface area contributed by atoms with Crippen molar-refractivity contribution in [3.63, 3.8) is 0 Å². The molecular formula is C16H26O3. The molecule has 0 aliphatic heterocycles. The van der Waals surface area contributed by atoms with Crippen molar-refractivity contribution in [1.82, 2.24) is 0 Å². The Balaban J connectivity index is 2.49. The lowest BCUT2D eigenvalue weighted by Crippen LogP contribution is -2.08. The molecule has 0 amide bonds. The second kappa shape index (κ2) is 9.96. The van der Waals surface area contributed by atoms with Crippen molar-refractivity contribution >= 4 is 0 Å². The standard InChI is InChI=1S/C16H26O3/c1-3-18-16(19-4-2)15-11-9-14(10-12-15)8-6-5-7-13-17/h9-12,16-17H,3-8,13H2,1-2H3. The molecule has 3 heteroatoms. The van der Waals surface area contributed by atoms with Crippen LogP contribution in [0.15, 0.2) is 24.3 Å². The van der Waals surface area contributed by atoms with Crippen LogP contribution in [0.25, 0.3) is 0 Å². The normalized spacial score (nSPS) is 11.2. The van der Waals surface area contributed by atoms with Gasteiger partial charge in [0.15, 0.2) is 6.29 Å². The number of aryl methyl sites for hydroxylation is 1. The highest BCUT2D eigenvalue weighted by Gasteiger charge is 2.10. The fourth-order valence-electron chi connectivity index (χ4n) is 2.00. The van der Waals surface area contributed by atoms with E-state index in [0.29, 0.717) is 19.8 Å². The number of aliphatic hydroxyl groups is 1. The molecule has 0 saturated heterocycles. The Hall–Kier alpha value is -0.900. The smallest absolute Gasteiger partial charge is 0.183 e. The van der Waals surface area contributed by atoms with Crippen LogP contribution in [-0.2, 0) is 15.9 Å². The van der Waals surface area contributed by atoms with Gasteiger partial charge >= 0.3 is 0 Å². The Bertz CT molecular complexity index is 315. The third-order valence-corrected chi connectivity index (χ3v) is 3.01. The van der Waals surface area contributed by atoms with Crippen LogP contribution in [0.1, 0.15) is 50.5 Å². The van der Waals surface area contributed by atoms with Gasteiger partial charge in [-0.25, -0.2) is 0 Å². The summed E-state index contributed by atoms with van der Waals surface area (Å²) in [5.41, 5.74) is 2.40. The lowest BCUT2D eigenvalue weighted by molar-refractivity contribution is -0.140. The van der Waals surface area contributed by atoms with Gasteiger partial charge in [0.2, 0.25) is 0 Å². The average Bonchev–Trinajstić information content (AvgIpc) is 2.44. The van der Waals surface area contributed by atoms with Crippen LogP contribution in [0.5, 0.6) is 0 Å². The molecule has 108 valence electrons. The first-order valence-electron chi connectivity index (χ1n) is 7.24. The topological polar surface area (TPSA) is 38.7 Å². The Morgan fingerprint density at radius 3 is 2.11 bits per heavy atom. The lowest BCUT2D eigenvalue weighted by atomic mass is 10.1. The van der Waals surface area contributed by atoms with Gasteiger partial charge in [-0.15, -0.1) is 0 Å². The molecule has 0 aliphatic carbocycles. The highest BCUT2D eigenvalue weighted by atomic mass is 16.7. The number of benzene rings is 1. The lowest BCUT2D eigenvalue weighted by Gasteiger charge is -2.17. The Labute approximate surface area is 116 Å². The van der Waals surface area contributed by atoms with Crippen LogP contribution in [0.4, 0.5) is 0 Å². The molecular weight excluding hydrogens is 240 g/mol. The minimum absolute atomic E-state index is 0.251.